The zero-order valence-corrected chi connectivity index (χ0v) is 14.5. The second-order valence-corrected chi connectivity index (χ2v) is 6.57. The average Bonchev–Trinajstić information content (AvgIpc) is 2.61. The van der Waals surface area contributed by atoms with Crippen molar-refractivity contribution in [2.24, 2.45) is 0 Å². The Morgan fingerprint density at radius 3 is 2.56 bits per heavy atom. The highest BCUT2D eigenvalue weighted by atomic mass is 16.5. The minimum absolute atomic E-state index is 0.175. The van der Waals surface area contributed by atoms with E-state index in [2.05, 4.69) is 6.58 Å². The van der Waals surface area contributed by atoms with E-state index in [1.54, 1.807) is 32.2 Å². The Hall–Kier alpha value is -2.40. The summed E-state index contributed by atoms with van der Waals surface area (Å²) in [6.45, 7) is 5.16. The van der Waals surface area contributed by atoms with Gasteiger partial charge in [0.25, 0.3) is 0 Å². The van der Waals surface area contributed by atoms with Gasteiger partial charge in [0.2, 0.25) is 0 Å². The SMILES string of the molecule is C=C(C)C(=O)Oc1ccc2oc(=O)c(C3CCC(OC)CC3)cc2c1. The maximum Gasteiger partial charge on any atom is 0.339 e. The third-order valence-electron chi connectivity index (χ3n) is 4.74. The van der Waals surface area contributed by atoms with E-state index in [1.165, 1.54) is 0 Å². The molecule has 25 heavy (non-hydrogen) atoms. The number of carbonyl (C=O) groups is 1. The molecule has 0 radical (unpaired) electrons. The first-order chi connectivity index (χ1) is 12.0. The molecule has 0 amide bonds. The van der Waals surface area contributed by atoms with E-state index in [0.29, 0.717) is 22.5 Å². The Morgan fingerprint density at radius 1 is 1.20 bits per heavy atom. The summed E-state index contributed by atoms with van der Waals surface area (Å²) in [6, 6.07) is 6.82. The molecule has 0 bridgehead atoms. The van der Waals surface area contributed by atoms with Gasteiger partial charge in [0.15, 0.2) is 0 Å². The lowest BCUT2D eigenvalue weighted by Crippen LogP contribution is -2.22. The van der Waals surface area contributed by atoms with E-state index in [0.717, 1.165) is 31.1 Å². The van der Waals surface area contributed by atoms with Crippen molar-refractivity contribution >= 4 is 16.9 Å². The molecule has 1 aromatic heterocycles. The van der Waals surface area contributed by atoms with Crippen LogP contribution in [0.3, 0.4) is 0 Å². The standard InChI is InChI=1S/C20H22O5/c1-12(2)19(21)24-16-8-9-18-14(10-16)11-17(20(22)25-18)13-4-6-15(23-3)7-5-13/h8-11,13,15H,1,4-7H2,2-3H3. The highest BCUT2D eigenvalue weighted by molar-refractivity contribution is 5.89. The minimum Gasteiger partial charge on any atom is -0.423 e. The number of hydrogen-bond donors (Lipinski definition) is 0. The van der Waals surface area contributed by atoms with Crippen LogP contribution in [0.1, 0.15) is 44.1 Å². The molecule has 1 heterocycles. The summed E-state index contributed by atoms with van der Waals surface area (Å²) >= 11 is 0. The number of hydrogen-bond acceptors (Lipinski definition) is 5. The molecule has 1 fully saturated rings. The fourth-order valence-corrected chi connectivity index (χ4v) is 3.27. The van der Waals surface area contributed by atoms with Crippen LogP contribution in [0.4, 0.5) is 0 Å². The van der Waals surface area contributed by atoms with Gasteiger partial charge in [0, 0.05) is 23.6 Å². The van der Waals surface area contributed by atoms with Gasteiger partial charge in [0.1, 0.15) is 11.3 Å². The summed E-state index contributed by atoms with van der Waals surface area (Å²) < 4.78 is 16.1. The molecule has 0 unspecified atom stereocenters. The van der Waals surface area contributed by atoms with Gasteiger partial charge in [0.05, 0.1) is 6.10 Å². The van der Waals surface area contributed by atoms with Crippen LogP contribution < -0.4 is 10.4 Å². The van der Waals surface area contributed by atoms with Crippen molar-refractivity contribution in [1.82, 2.24) is 0 Å². The van der Waals surface area contributed by atoms with Gasteiger partial charge in [-0.2, -0.15) is 0 Å². The van der Waals surface area contributed by atoms with E-state index < -0.39 is 5.97 Å². The summed E-state index contributed by atoms with van der Waals surface area (Å²) in [5.74, 6) is 0.104. The Kier molecular flexibility index (Phi) is 5.04. The highest BCUT2D eigenvalue weighted by Gasteiger charge is 2.25. The van der Waals surface area contributed by atoms with Crippen LogP contribution in [0.15, 0.2) is 45.6 Å². The Bertz CT molecular complexity index is 856. The van der Waals surface area contributed by atoms with Crippen molar-refractivity contribution < 1.29 is 18.7 Å². The number of rotatable bonds is 4. The zero-order valence-electron chi connectivity index (χ0n) is 14.5. The third-order valence-corrected chi connectivity index (χ3v) is 4.74. The van der Waals surface area contributed by atoms with E-state index in [9.17, 15) is 9.59 Å². The van der Waals surface area contributed by atoms with Gasteiger partial charge >= 0.3 is 11.6 Å². The normalized spacial score (nSPS) is 20.4. The van der Waals surface area contributed by atoms with Crippen molar-refractivity contribution in [3.8, 4) is 5.75 Å². The molecular weight excluding hydrogens is 320 g/mol. The van der Waals surface area contributed by atoms with Crippen molar-refractivity contribution in [3.63, 3.8) is 0 Å². The second kappa shape index (κ2) is 7.23. The number of methoxy groups -OCH3 is 1. The predicted molar refractivity (Wildman–Crippen MR) is 94.9 cm³/mol. The van der Waals surface area contributed by atoms with E-state index in [-0.39, 0.29) is 17.6 Å². The Labute approximate surface area is 146 Å². The number of esters is 1. The van der Waals surface area contributed by atoms with Crippen LogP contribution in [0.2, 0.25) is 0 Å². The van der Waals surface area contributed by atoms with Gasteiger partial charge in [-0.05, 0) is 62.8 Å². The van der Waals surface area contributed by atoms with Gasteiger partial charge in [-0.3, -0.25) is 0 Å². The number of carbonyl (C=O) groups excluding carboxylic acids is 1. The smallest absolute Gasteiger partial charge is 0.339 e. The molecule has 0 N–H and O–H groups in total. The predicted octanol–water partition coefficient (Wildman–Crippen LogP) is 3.95. The van der Waals surface area contributed by atoms with Crippen molar-refractivity contribution in [3.05, 3.63) is 52.4 Å². The first-order valence-electron chi connectivity index (χ1n) is 8.46. The molecular formula is C20H22O5. The molecule has 132 valence electrons. The van der Waals surface area contributed by atoms with Crippen LogP contribution >= 0.6 is 0 Å². The fraction of sp³-hybridized carbons (Fsp3) is 0.400. The first kappa shape index (κ1) is 17.4. The van der Waals surface area contributed by atoms with Crippen LogP contribution in [0.5, 0.6) is 5.75 Å². The molecule has 5 heteroatoms. The summed E-state index contributed by atoms with van der Waals surface area (Å²) in [7, 11) is 1.73. The lowest BCUT2D eigenvalue weighted by atomic mass is 9.83. The van der Waals surface area contributed by atoms with E-state index in [4.69, 9.17) is 13.9 Å². The monoisotopic (exact) mass is 342 g/mol. The number of ether oxygens (including phenoxy) is 2. The molecule has 3 rings (SSSR count). The van der Waals surface area contributed by atoms with Crippen molar-refractivity contribution in [2.75, 3.05) is 7.11 Å². The first-order valence-corrected chi connectivity index (χ1v) is 8.46. The number of fused-ring (bicyclic) bond motifs is 1. The largest absolute Gasteiger partial charge is 0.423 e. The highest BCUT2D eigenvalue weighted by Crippen LogP contribution is 2.34. The molecule has 1 saturated carbocycles. The van der Waals surface area contributed by atoms with Gasteiger partial charge in [-0.1, -0.05) is 6.58 Å². The summed E-state index contributed by atoms with van der Waals surface area (Å²) in [5, 5.41) is 0.746. The van der Waals surface area contributed by atoms with Crippen LogP contribution in [0, 0.1) is 0 Å². The maximum atomic E-state index is 12.3. The van der Waals surface area contributed by atoms with Gasteiger partial charge in [-0.15, -0.1) is 0 Å². The molecule has 1 aliphatic rings. The summed E-state index contributed by atoms with van der Waals surface area (Å²) in [6.07, 6.45) is 3.96. The van der Waals surface area contributed by atoms with E-state index >= 15 is 0 Å². The molecule has 0 aliphatic heterocycles. The average molecular weight is 342 g/mol. The third kappa shape index (κ3) is 3.82. The second-order valence-electron chi connectivity index (χ2n) is 6.57. The Morgan fingerprint density at radius 2 is 1.92 bits per heavy atom. The zero-order chi connectivity index (χ0) is 18.0. The quantitative estimate of drug-likeness (QED) is 0.364. The van der Waals surface area contributed by atoms with Crippen molar-refractivity contribution in [2.45, 2.75) is 44.6 Å². The maximum absolute atomic E-state index is 12.3. The molecule has 0 spiro atoms. The molecule has 1 aromatic carbocycles. The lowest BCUT2D eigenvalue weighted by Gasteiger charge is -2.27. The molecule has 0 atom stereocenters. The number of benzene rings is 1. The van der Waals surface area contributed by atoms with Crippen LogP contribution in [-0.4, -0.2) is 19.2 Å². The molecule has 5 nitrogen and oxygen atoms in total. The van der Waals surface area contributed by atoms with Crippen LogP contribution in [0.25, 0.3) is 11.0 Å². The molecule has 1 aliphatic carbocycles. The minimum atomic E-state index is -0.477. The summed E-state index contributed by atoms with van der Waals surface area (Å²) in [5.41, 5.74) is 1.20. The van der Waals surface area contributed by atoms with Gasteiger partial charge < -0.3 is 13.9 Å². The lowest BCUT2D eigenvalue weighted by molar-refractivity contribution is -0.130. The Balaban J connectivity index is 1.89. The molecule has 2 aromatic rings. The summed E-state index contributed by atoms with van der Waals surface area (Å²) in [4.78, 5) is 24.0. The van der Waals surface area contributed by atoms with Crippen LogP contribution in [-0.2, 0) is 9.53 Å². The fourth-order valence-electron chi connectivity index (χ4n) is 3.27. The van der Waals surface area contributed by atoms with Gasteiger partial charge in [-0.25, -0.2) is 9.59 Å². The topological polar surface area (TPSA) is 65.7 Å². The van der Waals surface area contributed by atoms with E-state index in [1.807, 2.05) is 6.07 Å². The molecule has 0 saturated heterocycles. The van der Waals surface area contributed by atoms with Crippen molar-refractivity contribution in [1.29, 1.82) is 0 Å².